The van der Waals surface area contributed by atoms with E-state index in [1.807, 2.05) is 13.8 Å². The largest absolute Gasteiger partial charge is 0.415 e. The predicted octanol–water partition coefficient (Wildman–Crippen LogP) is 7.41. The Morgan fingerprint density at radius 1 is 0.971 bits per heavy atom. The van der Waals surface area contributed by atoms with Gasteiger partial charge in [-0.15, -0.1) is 0 Å². The van der Waals surface area contributed by atoms with Crippen molar-refractivity contribution < 1.29 is 27.1 Å². The molecule has 4 nitrogen and oxygen atoms in total. The molecule has 182 valence electrons. The second kappa shape index (κ2) is 10.00. The van der Waals surface area contributed by atoms with Crippen molar-refractivity contribution in [3.05, 3.63) is 88.6 Å². The summed E-state index contributed by atoms with van der Waals surface area (Å²) >= 11 is 6.02. The number of aromatic nitrogens is 1. The summed E-state index contributed by atoms with van der Waals surface area (Å²) < 4.78 is 62.8. The molecule has 4 rings (SSSR count). The van der Waals surface area contributed by atoms with E-state index < -0.39 is 29.4 Å². The lowest BCUT2D eigenvalue weighted by Crippen LogP contribution is -2.33. The van der Waals surface area contributed by atoms with Crippen molar-refractivity contribution in [3.63, 3.8) is 0 Å². The van der Waals surface area contributed by atoms with Crippen LogP contribution in [0.2, 0.25) is 5.02 Å². The molecule has 1 aromatic heterocycles. The van der Waals surface area contributed by atoms with Crippen molar-refractivity contribution in [1.29, 1.82) is 0 Å². The molecule has 4 aromatic rings. The first-order valence-corrected chi connectivity index (χ1v) is 11.3. The third-order valence-electron chi connectivity index (χ3n) is 5.75. The molecule has 1 heterocycles. The predicted molar refractivity (Wildman–Crippen MR) is 127 cm³/mol. The van der Waals surface area contributed by atoms with E-state index in [0.717, 1.165) is 6.07 Å². The lowest BCUT2D eigenvalue weighted by atomic mass is 10.0. The van der Waals surface area contributed by atoms with Crippen LogP contribution in [0, 0.1) is 23.3 Å². The molecule has 0 atom stereocenters. The maximum atomic E-state index is 14.3. The molecule has 0 unspecified atom stereocenters. The average Bonchev–Trinajstić information content (AvgIpc) is 3.22. The number of amides is 1. The Bertz CT molecular complexity index is 1420. The zero-order valence-corrected chi connectivity index (χ0v) is 19.7. The van der Waals surface area contributed by atoms with E-state index >= 15 is 0 Å². The minimum Gasteiger partial charge on any atom is -0.410 e. The number of carbonyl (C=O) groups is 1. The number of ether oxygens (including phenoxy) is 1. The number of hydrogen-bond donors (Lipinski definition) is 0. The average molecular weight is 505 g/mol. The van der Waals surface area contributed by atoms with Crippen LogP contribution in [0.4, 0.5) is 22.4 Å². The fourth-order valence-corrected chi connectivity index (χ4v) is 4.15. The molecule has 0 aliphatic carbocycles. The van der Waals surface area contributed by atoms with Gasteiger partial charge in [-0.05, 0) is 55.8 Å². The molecule has 3 aromatic carbocycles. The quantitative estimate of drug-likeness (QED) is 0.202. The topological polar surface area (TPSA) is 34.5 Å². The molecule has 0 saturated carbocycles. The molecule has 9 heteroatoms. The van der Waals surface area contributed by atoms with Gasteiger partial charge in [0, 0.05) is 47.4 Å². The van der Waals surface area contributed by atoms with Crippen LogP contribution in [-0.2, 0) is 6.54 Å². The molecular formula is C26H21ClF4N2O2. The lowest BCUT2D eigenvalue weighted by Gasteiger charge is -2.20. The van der Waals surface area contributed by atoms with Gasteiger partial charge < -0.3 is 14.2 Å². The Morgan fingerprint density at radius 2 is 1.71 bits per heavy atom. The van der Waals surface area contributed by atoms with Crippen LogP contribution in [0.15, 0.2) is 54.7 Å². The Labute approximate surface area is 204 Å². The molecule has 0 bridgehead atoms. The number of nitrogens with zero attached hydrogens (tertiary/aromatic N) is 2. The van der Waals surface area contributed by atoms with Crippen molar-refractivity contribution in [2.24, 2.45) is 0 Å². The van der Waals surface area contributed by atoms with Gasteiger partial charge in [0.15, 0.2) is 11.6 Å². The van der Waals surface area contributed by atoms with Crippen LogP contribution in [0.25, 0.3) is 22.0 Å². The first kappa shape index (κ1) is 24.6. The Morgan fingerprint density at radius 3 is 2.40 bits per heavy atom. The van der Waals surface area contributed by atoms with E-state index in [2.05, 4.69) is 0 Å². The smallest absolute Gasteiger partial charge is 0.410 e. The highest BCUT2D eigenvalue weighted by atomic mass is 35.5. The Balaban J connectivity index is 1.85. The Hall–Kier alpha value is -3.52. The minimum atomic E-state index is -1.27. The van der Waals surface area contributed by atoms with Crippen LogP contribution in [0.1, 0.15) is 19.4 Å². The summed E-state index contributed by atoms with van der Waals surface area (Å²) in [4.78, 5) is 14.2. The third-order valence-corrected chi connectivity index (χ3v) is 6.04. The number of benzene rings is 3. The van der Waals surface area contributed by atoms with E-state index in [0.29, 0.717) is 41.2 Å². The number of carbonyl (C=O) groups excluding carboxylic acids is 1. The van der Waals surface area contributed by atoms with Crippen LogP contribution in [0.5, 0.6) is 5.75 Å². The van der Waals surface area contributed by atoms with Gasteiger partial charge in [-0.2, -0.15) is 0 Å². The molecule has 35 heavy (non-hydrogen) atoms. The zero-order valence-electron chi connectivity index (χ0n) is 18.9. The van der Waals surface area contributed by atoms with E-state index in [-0.39, 0.29) is 22.9 Å². The fraction of sp³-hybridized carbons (Fsp3) is 0.192. The highest BCUT2D eigenvalue weighted by Gasteiger charge is 2.20. The summed E-state index contributed by atoms with van der Waals surface area (Å²) in [6, 6.07) is 10.5. The number of rotatable bonds is 6. The Kier molecular flexibility index (Phi) is 7.03. The van der Waals surface area contributed by atoms with Gasteiger partial charge in [-0.3, -0.25) is 0 Å². The lowest BCUT2D eigenvalue weighted by molar-refractivity contribution is 0.157. The zero-order chi connectivity index (χ0) is 25.3. The van der Waals surface area contributed by atoms with Gasteiger partial charge >= 0.3 is 6.09 Å². The van der Waals surface area contributed by atoms with Gasteiger partial charge in [-0.25, -0.2) is 22.4 Å². The van der Waals surface area contributed by atoms with E-state index in [4.69, 9.17) is 16.3 Å². The van der Waals surface area contributed by atoms with E-state index in [9.17, 15) is 22.4 Å². The number of hydrogen-bond acceptors (Lipinski definition) is 2. The molecule has 0 aliphatic heterocycles. The van der Waals surface area contributed by atoms with E-state index in [1.54, 1.807) is 29.0 Å². The summed E-state index contributed by atoms with van der Waals surface area (Å²) in [5, 5.41) is 0.479. The second-order valence-electron chi connectivity index (χ2n) is 7.85. The number of halogens is 5. The SMILES string of the molecule is CCN(CC)C(=O)Oc1ccc2c(ccn2Cc2cc(F)cc(F)c2F)c1-c1ccc(F)c(Cl)c1. The third kappa shape index (κ3) is 4.84. The molecule has 0 aliphatic rings. The highest BCUT2D eigenvalue weighted by Crippen LogP contribution is 2.39. The van der Waals surface area contributed by atoms with Gasteiger partial charge in [0.2, 0.25) is 0 Å². The first-order chi connectivity index (χ1) is 16.7. The van der Waals surface area contributed by atoms with Crippen molar-refractivity contribution in [2.75, 3.05) is 13.1 Å². The summed E-state index contributed by atoms with van der Waals surface area (Å²) in [7, 11) is 0. The molecule has 0 N–H and O–H groups in total. The van der Waals surface area contributed by atoms with Crippen molar-refractivity contribution >= 4 is 28.6 Å². The first-order valence-electron chi connectivity index (χ1n) is 10.9. The number of fused-ring (bicyclic) bond motifs is 1. The van der Waals surface area contributed by atoms with Crippen LogP contribution in [0.3, 0.4) is 0 Å². The van der Waals surface area contributed by atoms with Gasteiger partial charge in [-0.1, -0.05) is 17.7 Å². The maximum absolute atomic E-state index is 14.3. The summed E-state index contributed by atoms with van der Waals surface area (Å²) in [5.41, 5.74) is 1.37. The summed E-state index contributed by atoms with van der Waals surface area (Å²) in [6.45, 7) is 4.39. The minimum absolute atomic E-state index is 0.114. The van der Waals surface area contributed by atoms with Gasteiger partial charge in [0.05, 0.1) is 11.6 Å². The molecular weight excluding hydrogens is 484 g/mol. The van der Waals surface area contributed by atoms with Crippen LogP contribution >= 0.6 is 11.6 Å². The molecule has 0 fully saturated rings. The van der Waals surface area contributed by atoms with Crippen molar-refractivity contribution in [1.82, 2.24) is 9.47 Å². The fourth-order valence-electron chi connectivity index (χ4n) is 3.97. The van der Waals surface area contributed by atoms with Gasteiger partial charge in [0.25, 0.3) is 0 Å². The molecule has 0 radical (unpaired) electrons. The summed E-state index contributed by atoms with van der Waals surface area (Å²) in [5.74, 6) is -3.68. The molecule has 0 spiro atoms. The maximum Gasteiger partial charge on any atom is 0.415 e. The van der Waals surface area contributed by atoms with Crippen LogP contribution < -0.4 is 4.74 Å². The van der Waals surface area contributed by atoms with E-state index in [1.165, 1.54) is 23.1 Å². The normalized spacial score (nSPS) is 11.2. The molecule has 1 amide bonds. The standard InChI is InChI=1S/C26H21ClF4N2O2/c1-3-32(4-2)26(34)35-23-8-7-22-18(24(23)15-5-6-20(29)19(27)12-15)9-10-33(22)14-16-11-17(28)13-21(30)25(16)31/h5-13H,3-4,14H2,1-2H3. The van der Waals surface area contributed by atoms with Crippen LogP contribution in [-0.4, -0.2) is 28.6 Å². The second-order valence-corrected chi connectivity index (χ2v) is 8.25. The van der Waals surface area contributed by atoms with Crippen molar-refractivity contribution in [2.45, 2.75) is 20.4 Å². The summed E-state index contributed by atoms with van der Waals surface area (Å²) in [6.07, 6.45) is 1.07. The van der Waals surface area contributed by atoms with Crippen molar-refractivity contribution in [3.8, 4) is 16.9 Å². The van der Waals surface area contributed by atoms with Gasteiger partial charge in [0.1, 0.15) is 17.4 Å². The monoisotopic (exact) mass is 504 g/mol. The molecule has 0 saturated heterocycles. The highest BCUT2D eigenvalue weighted by molar-refractivity contribution is 6.31.